The van der Waals surface area contributed by atoms with E-state index in [0.717, 1.165) is 24.3 Å². The molecule has 2 heterocycles. The minimum absolute atomic E-state index is 0.0493. The van der Waals surface area contributed by atoms with Crippen molar-refractivity contribution in [2.75, 3.05) is 29.4 Å². The lowest BCUT2D eigenvalue weighted by atomic mass is 9.86. The Hall–Kier alpha value is -2.82. The Morgan fingerprint density at radius 1 is 1.15 bits per heavy atom. The Morgan fingerprint density at radius 3 is 2.50 bits per heavy atom. The van der Waals surface area contributed by atoms with Crippen molar-refractivity contribution in [2.45, 2.75) is 19.3 Å². The number of hydrogen-bond acceptors (Lipinski definition) is 3. The number of para-hydroxylation sites is 1. The summed E-state index contributed by atoms with van der Waals surface area (Å²) in [6, 6.07) is 15.2. The van der Waals surface area contributed by atoms with Gasteiger partial charge in [0.05, 0.1) is 11.0 Å². The highest BCUT2D eigenvalue weighted by Crippen LogP contribution is 2.43. The number of carboxylic acid groups (broad SMARTS) is 1. The van der Waals surface area contributed by atoms with Gasteiger partial charge in [-0.2, -0.15) is 0 Å². The maximum absolute atomic E-state index is 13.0. The van der Waals surface area contributed by atoms with Gasteiger partial charge >= 0.3 is 5.97 Å². The van der Waals surface area contributed by atoms with Crippen molar-refractivity contribution in [2.24, 2.45) is 5.92 Å². The second-order valence-electron chi connectivity index (χ2n) is 7.68. The zero-order chi connectivity index (χ0) is 18.5. The van der Waals surface area contributed by atoms with Crippen LogP contribution in [-0.4, -0.2) is 36.6 Å². The molecule has 5 nitrogen and oxygen atoms in total. The van der Waals surface area contributed by atoms with Gasteiger partial charge in [0.1, 0.15) is 0 Å². The standard InChI is InChI=1S/C21H22N2O3/c1-21(2)17-9-8-15(19(24)25)10-18(17)23(20(21)26)13-14-11-22(12-14)16-6-4-3-5-7-16/h3-10,14H,11-13H2,1-2H3,(H,24,25). The van der Waals surface area contributed by atoms with Gasteiger partial charge in [-0.1, -0.05) is 24.3 Å². The van der Waals surface area contributed by atoms with E-state index in [0.29, 0.717) is 12.5 Å². The van der Waals surface area contributed by atoms with E-state index in [1.807, 2.05) is 32.0 Å². The minimum Gasteiger partial charge on any atom is -0.478 e. The molecule has 2 aromatic carbocycles. The molecule has 4 rings (SSSR count). The minimum atomic E-state index is -0.969. The first-order valence-electron chi connectivity index (χ1n) is 8.87. The molecule has 1 amide bonds. The van der Waals surface area contributed by atoms with Crippen molar-refractivity contribution in [3.05, 3.63) is 59.7 Å². The summed E-state index contributed by atoms with van der Waals surface area (Å²) in [5, 5.41) is 9.29. The zero-order valence-electron chi connectivity index (χ0n) is 15.0. The number of amides is 1. The van der Waals surface area contributed by atoms with Crippen LogP contribution in [0.4, 0.5) is 11.4 Å². The molecule has 0 saturated carbocycles. The molecule has 0 aliphatic carbocycles. The quantitative estimate of drug-likeness (QED) is 0.920. The monoisotopic (exact) mass is 350 g/mol. The fourth-order valence-corrected chi connectivity index (χ4v) is 3.95. The van der Waals surface area contributed by atoms with Crippen LogP contribution in [0.15, 0.2) is 48.5 Å². The molecule has 1 N–H and O–H groups in total. The highest BCUT2D eigenvalue weighted by Gasteiger charge is 2.45. The molecule has 0 unspecified atom stereocenters. The number of anilines is 2. The predicted octanol–water partition coefficient (Wildman–Crippen LogP) is 3.15. The van der Waals surface area contributed by atoms with E-state index >= 15 is 0 Å². The third-order valence-electron chi connectivity index (χ3n) is 5.51. The first-order valence-corrected chi connectivity index (χ1v) is 8.87. The molecule has 26 heavy (non-hydrogen) atoms. The first kappa shape index (κ1) is 16.6. The molecule has 5 heteroatoms. The van der Waals surface area contributed by atoms with Crippen molar-refractivity contribution in [3.63, 3.8) is 0 Å². The first-order chi connectivity index (χ1) is 12.4. The topological polar surface area (TPSA) is 60.9 Å². The zero-order valence-corrected chi connectivity index (χ0v) is 15.0. The summed E-state index contributed by atoms with van der Waals surface area (Å²) in [5.74, 6) is -0.536. The average molecular weight is 350 g/mol. The molecule has 2 aliphatic heterocycles. The lowest BCUT2D eigenvalue weighted by Gasteiger charge is -2.42. The summed E-state index contributed by atoms with van der Waals surface area (Å²) < 4.78 is 0. The van der Waals surface area contributed by atoms with E-state index in [1.54, 1.807) is 23.1 Å². The third kappa shape index (κ3) is 2.55. The molecular formula is C21H22N2O3. The predicted molar refractivity (Wildman–Crippen MR) is 101 cm³/mol. The van der Waals surface area contributed by atoms with Gasteiger partial charge in [0.2, 0.25) is 5.91 Å². The Bertz CT molecular complexity index is 870. The maximum atomic E-state index is 13.0. The second kappa shape index (κ2) is 5.87. The van der Waals surface area contributed by atoms with Crippen molar-refractivity contribution < 1.29 is 14.7 Å². The number of benzene rings is 2. The van der Waals surface area contributed by atoms with Crippen molar-refractivity contribution in [1.29, 1.82) is 0 Å². The average Bonchev–Trinajstić information content (AvgIpc) is 2.78. The number of fused-ring (bicyclic) bond motifs is 1. The van der Waals surface area contributed by atoms with Gasteiger partial charge in [0.25, 0.3) is 0 Å². The molecule has 0 aromatic heterocycles. The Morgan fingerprint density at radius 2 is 1.85 bits per heavy atom. The van der Waals surface area contributed by atoms with Crippen LogP contribution in [0.2, 0.25) is 0 Å². The van der Waals surface area contributed by atoms with Gasteiger partial charge in [-0.25, -0.2) is 4.79 Å². The Kier molecular flexibility index (Phi) is 3.75. The normalized spacial score (nSPS) is 18.6. The van der Waals surface area contributed by atoms with E-state index in [4.69, 9.17) is 0 Å². The molecule has 0 radical (unpaired) electrons. The van der Waals surface area contributed by atoms with E-state index in [2.05, 4.69) is 17.0 Å². The SMILES string of the molecule is CC1(C)C(=O)N(CC2CN(c3ccccc3)C2)c2cc(C(=O)O)ccc21. The summed E-state index contributed by atoms with van der Waals surface area (Å²) in [6.07, 6.45) is 0. The lowest BCUT2D eigenvalue weighted by Crippen LogP contribution is -2.53. The van der Waals surface area contributed by atoms with Crippen LogP contribution in [-0.2, 0) is 10.2 Å². The molecule has 1 saturated heterocycles. The van der Waals surface area contributed by atoms with Crippen LogP contribution < -0.4 is 9.80 Å². The molecule has 2 aliphatic rings. The Labute approximate surface area is 152 Å². The van der Waals surface area contributed by atoms with Gasteiger partial charge < -0.3 is 14.9 Å². The number of hydrogen-bond donors (Lipinski definition) is 1. The number of carbonyl (C=O) groups is 2. The molecular weight excluding hydrogens is 328 g/mol. The van der Waals surface area contributed by atoms with Crippen molar-refractivity contribution >= 4 is 23.3 Å². The van der Waals surface area contributed by atoms with Gasteiger partial charge in [-0.15, -0.1) is 0 Å². The van der Waals surface area contributed by atoms with Crippen molar-refractivity contribution in [3.8, 4) is 0 Å². The number of aromatic carboxylic acids is 1. The van der Waals surface area contributed by atoms with E-state index in [-0.39, 0.29) is 11.5 Å². The molecule has 2 aromatic rings. The van der Waals surface area contributed by atoms with Gasteiger partial charge in [0, 0.05) is 36.9 Å². The maximum Gasteiger partial charge on any atom is 0.335 e. The number of carbonyl (C=O) groups excluding carboxylic acids is 1. The van der Waals surface area contributed by atoms with Crippen LogP contribution in [0.1, 0.15) is 29.8 Å². The molecule has 0 atom stereocenters. The summed E-state index contributed by atoms with van der Waals surface area (Å²) in [5.41, 5.74) is 2.46. The third-order valence-corrected chi connectivity index (χ3v) is 5.51. The highest BCUT2D eigenvalue weighted by molar-refractivity contribution is 6.08. The molecule has 0 bridgehead atoms. The summed E-state index contributed by atoms with van der Waals surface area (Å²) in [6.45, 7) is 6.25. The largest absolute Gasteiger partial charge is 0.478 e. The fourth-order valence-electron chi connectivity index (χ4n) is 3.95. The molecule has 134 valence electrons. The van der Waals surface area contributed by atoms with Crippen LogP contribution >= 0.6 is 0 Å². The number of nitrogens with zero attached hydrogens (tertiary/aromatic N) is 2. The van der Waals surface area contributed by atoms with Gasteiger partial charge in [0.15, 0.2) is 0 Å². The highest BCUT2D eigenvalue weighted by atomic mass is 16.4. The van der Waals surface area contributed by atoms with E-state index in [9.17, 15) is 14.7 Å². The van der Waals surface area contributed by atoms with Crippen LogP contribution in [0, 0.1) is 5.92 Å². The van der Waals surface area contributed by atoms with Crippen LogP contribution in [0.5, 0.6) is 0 Å². The summed E-state index contributed by atoms with van der Waals surface area (Å²) in [4.78, 5) is 28.4. The van der Waals surface area contributed by atoms with E-state index in [1.165, 1.54) is 5.69 Å². The summed E-state index contributed by atoms with van der Waals surface area (Å²) in [7, 11) is 0. The van der Waals surface area contributed by atoms with Crippen LogP contribution in [0.25, 0.3) is 0 Å². The lowest BCUT2D eigenvalue weighted by molar-refractivity contribution is -0.122. The fraction of sp³-hybridized carbons (Fsp3) is 0.333. The summed E-state index contributed by atoms with van der Waals surface area (Å²) >= 11 is 0. The number of carboxylic acids is 1. The molecule has 0 spiro atoms. The van der Waals surface area contributed by atoms with Crippen LogP contribution in [0.3, 0.4) is 0 Å². The number of rotatable bonds is 4. The Balaban J connectivity index is 1.54. The van der Waals surface area contributed by atoms with Gasteiger partial charge in [-0.3, -0.25) is 4.79 Å². The van der Waals surface area contributed by atoms with Gasteiger partial charge in [-0.05, 0) is 43.7 Å². The van der Waals surface area contributed by atoms with E-state index < -0.39 is 11.4 Å². The van der Waals surface area contributed by atoms with Crippen molar-refractivity contribution in [1.82, 2.24) is 0 Å². The second-order valence-corrected chi connectivity index (χ2v) is 7.68. The smallest absolute Gasteiger partial charge is 0.335 e. The molecule has 1 fully saturated rings.